The maximum absolute atomic E-state index is 11.9. The second-order valence-corrected chi connectivity index (χ2v) is 10.3. The average Bonchev–Trinajstić information content (AvgIpc) is 3.48. The third-order valence-electron chi connectivity index (χ3n) is 5.02. The van der Waals surface area contributed by atoms with Gasteiger partial charge in [-0.15, -0.1) is 0 Å². The number of carbonyl (C=O) groups excluding carboxylic acids is 1. The minimum atomic E-state index is -0.514. The van der Waals surface area contributed by atoms with Gasteiger partial charge in [-0.25, -0.2) is 0 Å². The summed E-state index contributed by atoms with van der Waals surface area (Å²) in [6, 6.07) is 9.31. The van der Waals surface area contributed by atoms with Crippen molar-refractivity contribution in [3.63, 3.8) is 0 Å². The number of hydrogen-bond acceptors (Lipinski definition) is 4. The predicted molar refractivity (Wildman–Crippen MR) is 106 cm³/mol. The maximum atomic E-state index is 11.9. The van der Waals surface area contributed by atoms with Gasteiger partial charge in [0, 0.05) is 0 Å². The van der Waals surface area contributed by atoms with E-state index in [1.54, 1.807) is 29.9 Å². The van der Waals surface area contributed by atoms with Crippen molar-refractivity contribution in [2.24, 2.45) is 18.7 Å². The molecule has 0 bridgehead atoms. The van der Waals surface area contributed by atoms with E-state index in [9.17, 15) is 9.59 Å². The van der Waals surface area contributed by atoms with Crippen LogP contribution in [0.15, 0.2) is 41.3 Å². The molecule has 1 amide bonds. The summed E-state index contributed by atoms with van der Waals surface area (Å²) < 4.78 is 3.11. The zero-order valence-corrected chi connectivity index (χ0v) is 17.1. The second kappa shape index (κ2) is 6.93. The number of pyridine rings is 1. The molecular formula is C20H20AsN4O2. The summed E-state index contributed by atoms with van der Waals surface area (Å²) in [4.78, 5) is 23.5. The Kier molecular flexibility index (Phi) is 4.60. The van der Waals surface area contributed by atoms with Crippen LogP contribution in [0.2, 0.25) is 4.71 Å². The van der Waals surface area contributed by atoms with Crippen molar-refractivity contribution in [1.29, 1.82) is 0 Å². The van der Waals surface area contributed by atoms with Crippen molar-refractivity contribution in [3.8, 4) is 11.1 Å². The van der Waals surface area contributed by atoms with E-state index in [0.717, 1.165) is 32.3 Å². The first-order valence-electron chi connectivity index (χ1n) is 8.92. The molecule has 1 radical (unpaired) electrons. The number of hydrogen-bond donors (Lipinski definition) is 1. The Hall–Kier alpha value is -2.46. The molecule has 0 spiro atoms. The Morgan fingerprint density at radius 2 is 1.96 bits per heavy atom. The third-order valence-corrected chi connectivity index (χ3v) is 8.26. The molecule has 1 aliphatic rings. The Labute approximate surface area is 163 Å². The number of aromatic nitrogens is 3. The predicted octanol–water partition coefficient (Wildman–Crippen LogP) is 1.64. The van der Waals surface area contributed by atoms with Crippen LogP contribution in [0.25, 0.3) is 22.0 Å². The van der Waals surface area contributed by atoms with Gasteiger partial charge < -0.3 is 0 Å². The third kappa shape index (κ3) is 3.54. The van der Waals surface area contributed by atoms with Crippen molar-refractivity contribution in [3.05, 3.63) is 52.6 Å². The Balaban J connectivity index is 1.82. The number of amides is 1. The molecule has 1 aliphatic carbocycles. The Morgan fingerprint density at radius 1 is 1.22 bits per heavy atom. The van der Waals surface area contributed by atoms with Crippen molar-refractivity contribution in [2.45, 2.75) is 24.5 Å². The van der Waals surface area contributed by atoms with E-state index >= 15 is 0 Å². The molecule has 1 aromatic carbocycles. The summed E-state index contributed by atoms with van der Waals surface area (Å²) in [5, 5.41) is 9.36. The van der Waals surface area contributed by atoms with Crippen LogP contribution in [0.5, 0.6) is 0 Å². The van der Waals surface area contributed by atoms with Crippen LogP contribution in [0.1, 0.15) is 30.3 Å². The first-order chi connectivity index (χ1) is 12.9. The molecule has 0 aliphatic heterocycles. The topological polar surface area (TPSA) is 90.9 Å². The molecule has 6 nitrogen and oxygen atoms in total. The zero-order valence-electron chi connectivity index (χ0n) is 15.2. The van der Waals surface area contributed by atoms with Crippen LogP contribution < -0.4 is 15.6 Å². The normalized spacial score (nSPS) is 15.5. The quantitative estimate of drug-likeness (QED) is 0.632. The van der Waals surface area contributed by atoms with Gasteiger partial charge in [0.1, 0.15) is 0 Å². The summed E-state index contributed by atoms with van der Waals surface area (Å²) in [6.07, 6.45) is 4.35. The summed E-state index contributed by atoms with van der Waals surface area (Å²) >= 11 is -0.222. The molecule has 1 atom stereocenters. The monoisotopic (exact) mass is 423 g/mol. The Bertz CT molecular complexity index is 1100. The van der Waals surface area contributed by atoms with E-state index in [4.69, 9.17) is 5.73 Å². The molecule has 2 N–H and O–H groups in total. The van der Waals surface area contributed by atoms with Gasteiger partial charge in [-0.05, 0) is 0 Å². The fourth-order valence-electron chi connectivity index (χ4n) is 3.22. The molecule has 2 aromatic heterocycles. The van der Waals surface area contributed by atoms with E-state index in [-0.39, 0.29) is 21.3 Å². The molecule has 0 saturated heterocycles. The SMILES string of the molecule is CC([As]c1c(C(N)=O)nnc2cc(-c3ccc(=O)n(C)c3)ccc12)C1CC1. The van der Waals surface area contributed by atoms with Crippen molar-refractivity contribution in [2.75, 3.05) is 0 Å². The van der Waals surface area contributed by atoms with Crippen LogP contribution >= 0.6 is 0 Å². The number of nitrogens with zero attached hydrogens (tertiary/aromatic N) is 3. The molecule has 1 unspecified atom stereocenters. The molecule has 137 valence electrons. The van der Waals surface area contributed by atoms with E-state index in [1.165, 1.54) is 12.8 Å². The number of benzene rings is 1. The number of primary amides is 1. The fourth-order valence-corrected chi connectivity index (χ4v) is 6.41. The van der Waals surface area contributed by atoms with E-state index in [0.29, 0.717) is 10.4 Å². The molecule has 3 aromatic rings. The average molecular weight is 423 g/mol. The zero-order chi connectivity index (χ0) is 19.1. The standard InChI is InChI=1S/C20H20AsN4O2/c1-11(12-3-4-12)21-18-15-7-5-13(14-6-8-17(26)25(2)10-14)9-16(15)23-24-19(18)20(22)27/h5-12H,3-4H2,1-2H3,(H2,22,27). The summed E-state index contributed by atoms with van der Waals surface area (Å²) in [5.74, 6) is 0.249. The molecule has 27 heavy (non-hydrogen) atoms. The van der Waals surface area contributed by atoms with Gasteiger partial charge in [-0.1, -0.05) is 0 Å². The van der Waals surface area contributed by atoms with Gasteiger partial charge in [-0.2, -0.15) is 0 Å². The molecule has 7 heteroatoms. The van der Waals surface area contributed by atoms with Crippen molar-refractivity contribution in [1.82, 2.24) is 14.8 Å². The summed E-state index contributed by atoms with van der Waals surface area (Å²) in [5.41, 5.74) is 8.46. The van der Waals surface area contributed by atoms with Gasteiger partial charge in [0.05, 0.1) is 0 Å². The molecule has 1 saturated carbocycles. The minimum absolute atomic E-state index is 0.0502. The van der Waals surface area contributed by atoms with E-state index in [2.05, 4.69) is 17.1 Å². The van der Waals surface area contributed by atoms with Crippen LogP contribution in [0.3, 0.4) is 0 Å². The van der Waals surface area contributed by atoms with Gasteiger partial charge in [0.15, 0.2) is 0 Å². The summed E-state index contributed by atoms with van der Waals surface area (Å²) in [7, 11) is 1.73. The number of carbonyl (C=O) groups is 1. The van der Waals surface area contributed by atoms with E-state index in [1.807, 2.05) is 18.2 Å². The first-order valence-corrected chi connectivity index (χ1v) is 10.9. The number of fused-ring (bicyclic) bond motifs is 1. The van der Waals surface area contributed by atoms with Gasteiger partial charge in [-0.3, -0.25) is 0 Å². The second-order valence-electron chi connectivity index (χ2n) is 7.07. The van der Waals surface area contributed by atoms with Crippen LogP contribution in [-0.2, 0) is 7.05 Å². The number of aryl methyl sites for hydroxylation is 1. The molecule has 4 rings (SSSR count). The number of nitrogens with two attached hydrogens (primary N) is 1. The molecule has 2 heterocycles. The van der Waals surface area contributed by atoms with Gasteiger partial charge in [0.2, 0.25) is 0 Å². The first kappa shape index (κ1) is 17.9. The fraction of sp³-hybridized carbons (Fsp3) is 0.300. The van der Waals surface area contributed by atoms with Crippen LogP contribution in [0, 0.1) is 5.92 Å². The molecule has 1 fully saturated rings. The van der Waals surface area contributed by atoms with E-state index < -0.39 is 5.91 Å². The van der Waals surface area contributed by atoms with Crippen molar-refractivity contribution < 1.29 is 4.79 Å². The van der Waals surface area contributed by atoms with Gasteiger partial charge in [0.25, 0.3) is 0 Å². The Morgan fingerprint density at radius 3 is 2.63 bits per heavy atom. The van der Waals surface area contributed by atoms with Gasteiger partial charge >= 0.3 is 163 Å². The van der Waals surface area contributed by atoms with Crippen LogP contribution in [-0.4, -0.2) is 36.4 Å². The van der Waals surface area contributed by atoms with Crippen molar-refractivity contribution >= 4 is 36.9 Å². The van der Waals surface area contributed by atoms with Crippen LogP contribution in [0.4, 0.5) is 0 Å². The summed E-state index contributed by atoms with van der Waals surface area (Å²) in [6.45, 7) is 2.26. The number of rotatable bonds is 5. The molecular weight excluding hydrogens is 403 g/mol.